The zero-order valence-corrected chi connectivity index (χ0v) is 17.8. The molecule has 1 N–H and O–H groups in total. The minimum Gasteiger partial charge on any atom is -0.367 e. The fourth-order valence-corrected chi connectivity index (χ4v) is 4.22. The first kappa shape index (κ1) is 22.9. The van der Waals surface area contributed by atoms with Gasteiger partial charge in [-0.3, -0.25) is 4.90 Å². The number of benzene rings is 1. The van der Waals surface area contributed by atoms with E-state index in [1.54, 1.807) is 40.5 Å². The molecule has 1 saturated heterocycles. The van der Waals surface area contributed by atoms with Crippen molar-refractivity contribution in [2.75, 3.05) is 32.8 Å². The molecule has 5 nitrogen and oxygen atoms in total. The molecule has 2 heterocycles. The molecule has 2 aromatic rings. The molecule has 10 heteroatoms. The summed E-state index contributed by atoms with van der Waals surface area (Å²) in [5.41, 5.74) is 1.52. The van der Waals surface area contributed by atoms with Gasteiger partial charge in [0, 0.05) is 44.1 Å². The highest BCUT2D eigenvalue weighted by Crippen LogP contribution is 2.23. The number of alkyl halides is 3. The Morgan fingerprint density at radius 2 is 1.73 bits per heavy atom. The van der Waals surface area contributed by atoms with Crippen molar-refractivity contribution in [1.29, 1.82) is 0 Å². The number of nitrogens with one attached hydrogen (secondary N) is 1. The summed E-state index contributed by atoms with van der Waals surface area (Å²) in [6, 6.07) is 10.8. The van der Waals surface area contributed by atoms with Crippen LogP contribution in [-0.2, 0) is 24.4 Å². The van der Waals surface area contributed by atoms with Crippen LogP contribution >= 0.6 is 22.9 Å². The minimum atomic E-state index is -4.33. The van der Waals surface area contributed by atoms with Gasteiger partial charge in [0.15, 0.2) is 0 Å². The van der Waals surface area contributed by atoms with E-state index in [1.165, 1.54) is 4.88 Å². The predicted octanol–water partition coefficient (Wildman–Crippen LogP) is 4.51. The van der Waals surface area contributed by atoms with Crippen LogP contribution in [0.1, 0.15) is 16.0 Å². The maximum atomic E-state index is 12.4. The molecular formula is C20H23ClF3N3O2S. The van der Waals surface area contributed by atoms with E-state index in [4.69, 9.17) is 11.6 Å². The SMILES string of the molecule is O=C(NCc1ccc(COCC(F)(F)F)cc1)N1CCN(Cc2ccc(Cl)s2)CC1. The van der Waals surface area contributed by atoms with Gasteiger partial charge < -0.3 is 15.0 Å². The highest BCUT2D eigenvalue weighted by Gasteiger charge is 2.27. The van der Waals surface area contributed by atoms with Crippen LogP contribution in [0.25, 0.3) is 0 Å². The Labute approximate surface area is 182 Å². The molecule has 1 aromatic carbocycles. The van der Waals surface area contributed by atoms with Crippen LogP contribution in [0, 0.1) is 0 Å². The number of piperazine rings is 1. The summed E-state index contributed by atoms with van der Waals surface area (Å²) in [6.07, 6.45) is -4.33. The quantitative estimate of drug-likeness (QED) is 0.660. The molecule has 0 unspecified atom stereocenters. The van der Waals surface area contributed by atoms with Gasteiger partial charge in [-0.15, -0.1) is 11.3 Å². The fraction of sp³-hybridized carbons (Fsp3) is 0.450. The number of urea groups is 1. The number of hydrogen-bond donors (Lipinski definition) is 1. The lowest BCUT2D eigenvalue weighted by atomic mass is 10.1. The van der Waals surface area contributed by atoms with Crippen molar-refractivity contribution in [3.8, 4) is 0 Å². The van der Waals surface area contributed by atoms with E-state index >= 15 is 0 Å². The number of rotatable bonds is 7. The standard InChI is InChI=1S/C20H23ClF3N3O2S/c21-18-6-5-17(30-18)12-26-7-9-27(10-8-26)19(28)25-11-15-1-3-16(4-2-15)13-29-14-20(22,23)24/h1-6H,7-14H2,(H,25,28). The van der Waals surface area contributed by atoms with Gasteiger partial charge in [0.1, 0.15) is 6.61 Å². The molecule has 164 valence electrons. The van der Waals surface area contributed by atoms with E-state index in [1.807, 2.05) is 12.1 Å². The summed E-state index contributed by atoms with van der Waals surface area (Å²) in [7, 11) is 0. The molecule has 0 bridgehead atoms. The summed E-state index contributed by atoms with van der Waals surface area (Å²) >= 11 is 7.54. The molecule has 0 radical (unpaired) electrons. The third-order valence-electron chi connectivity index (χ3n) is 4.67. The number of nitrogens with zero attached hydrogens (tertiary/aromatic N) is 2. The van der Waals surface area contributed by atoms with Gasteiger partial charge in [-0.05, 0) is 23.3 Å². The minimum absolute atomic E-state index is 0.103. The molecular weight excluding hydrogens is 439 g/mol. The third kappa shape index (κ3) is 7.46. The van der Waals surface area contributed by atoms with Crippen molar-refractivity contribution >= 4 is 29.0 Å². The Morgan fingerprint density at radius 1 is 1.07 bits per heavy atom. The second kappa shape index (κ2) is 10.5. The number of carbonyl (C=O) groups excluding carboxylic acids is 1. The van der Waals surface area contributed by atoms with E-state index in [-0.39, 0.29) is 12.6 Å². The van der Waals surface area contributed by atoms with Crippen molar-refractivity contribution in [3.63, 3.8) is 0 Å². The first-order chi connectivity index (χ1) is 14.3. The summed E-state index contributed by atoms with van der Waals surface area (Å²) in [6.45, 7) is 2.74. The monoisotopic (exact) mass is 461 g/mol. The van der Waals surface area contributed by atoms with Gasteiger partial charge in [0.25, 0.3) is 0 Å². The maximum absolute atomic E-state index is 12.4. The van der Waals surface area contributed by atoms with Crippen molar-refractivity contribution in [3.05, 3.63) is 56.7 Å². The van der Waals surface area contributed by atoms with Gasteiger partial charge >= 0.3 is 12.2 Å². The smallest absolute Gasteiger partial charge is 0.367 e. The van der Waals surface area contributed by atoms with Crippen molar-refractivity contribution in [2.24, 2.45) is 0 Å². The van der Waals surface area contributed by atoms with E-state index in [2.05, 4.69) is 15.0 Å². The van der Waals surface area contributed by atoms with E-state index in [0.717, 1.165) is 29.5 Å². The van der Waals surface area contributed by atoms with Gasteiger partial charge in [0.05, 0.1) is 10.9 Å². The van der Waals surface area contributed by atoms with Gasteiger partial charge in [-0.25, -0.2) is 4.79 Å². The summed E-state index contributed by atoms with van der Waals surface area (Å²) < 4.78 is 41.7. The van der Waals surface area contributed by atoms with Crippen LogP contribution in [0.2, 0.25) is 4.34 Å². The van der Waals surface area contributed by atoms with E-state index in [0.29, 0.717) is 25.2 Å². The molecule has 0 spiro atoms. The van der Waals surface area contributed by atoms with Gasteiger partial charge in [0.2, 0.25) is 0 Å². The molecule has 1 aliphatic heterocycles. The largest absolute Gasteiger partial charge is 0.411 e. The summed E-state index contributed by atoms with van der Waals surface area (Å²) in [5.74, 6) is 0. The van der Waals surface area contributed by atoms with Crippen molar-refractivity contribution < 1.29 is 22.7 Å². The fourth-order valence-electron chi connectivity index (χ4n) is 3.09. The van der Waals surface area contributed by atoms with Crippen LogP contribution in [0.3, 0.4) is 0 Å². The lowest BCUT2D eigenvalue weighted by Gasteiger charge is -2.34. The Hall–Kier alpha value is -1.81. The number of ether oxygens (including phenoxy) is 1. The molecule has 1 aliphatic rings. The average molecular weight is 462 g/mol. The Morgan fingerprint density at radius 3 is 2.33 bits per heavy atom. The molecule has 0 saturated carbocycles. The van der Waals surface area contributed by atoms with Crippen LogP contribution in [-0.4, -0.2) is 54.8 Å². The van der Waals surface area contributed by atoms with Crippen LogP contribution in [0.5, 0.6) is 0 Å². The van der Waals surface area contributed by atoms with E-state index < -0.39 is 12.8 Å². The van der Waals surface area contributed by atoms with Gasteiger partial charge in [-0.1, -0.05) is 35.9 Å². The highest BCUT2D eigenvalue weighted by molar-refractivity contribution is 7.16. The zero-order chi connectivity index (χ0) is 21.6. The predicted molar refractivity (Wildman–Crippen MR) is 111 cm³/mol. The molecule has 2 amide bonds. The lowest BCUT2D eigenvalue weighted by Crippen LogP contribution is -2.51. The highest BCUT2D eigenvalue weighted by atomic mass is 35.5. The zero-order valence-electron chi connectivity index (χ0n) is 16.3. The first-order valence-electron chi connectivity index (χ1n) is 9.50. The second-order valence-electron chi connectivity index (χ2n) is 7.05. The van der Waals surface area contributed by atoms with Crippen LogP contribution in [0.15, 0.2) is 36.4 Å². The number of amides is 2. The number of halogens is 4. The first-order valence-corrected chi connectivity index (χ1v) is 10.7. The van der Waals surface area contributed by atoms with Crippen LogP contribution in [0.4, 0.5) is 18.0 Å². The molecule has 30 heavy (non-hydrogen) atoms. The topological polar surface area (TPSA) is 44.8 Å². The van der Waals surface area contributed by atoms with Gasteiger partial charge in [-0.2, -0.15) is 13.2 Å². The molecule has 1 aromatic heterocycles. The Balaban J connectivity index is 1.36. The number of hydrogen-bond acceptors (Lipinski definition) is 4. The molecule has 3 rings (SSSR count). The summed E-state index contributed by atoms with van der Waals surface area (Å²) in [4.78, 5) is 17.7. The third-order valence-corrected chi connectivity index (χ3v) is 5.88. The Bertz CT molecular complexity index is 821. The van der Waals surface area contributed by atoms with E-state index in [9.17, 15) is 18.0 Å². The van der Waals surface area contributed by atoms with Crippen molar-refractivity contribution in [2.45, 2.75) is 25.9 Å². The Kier molecular flexibility index (Phi) is 7.99. The average Bonchev–Trinajstić information content (AvgIpc) is 3.11. The molecule has 1 fully saturated rings. The number of thiophene rings is 1. The molecule has 0 aliphatic carbocycles. The maximum Gasteiger partial charge on any atom is 0.411 e. The van der Waals surface area contributed by atoms with Crippen LogP contribution < -0.4 is 5.32 Å². The normalized spacial score (nSPS) is 15.4. The van der Waals surface area contributed by atoms with Crippen molar-refractivity contribution in [1.82, 2.24) is 15.1 Å². The second-order valence-corrected chi connectivity index (χ2v) is 8.85. The number of carbonyl (C=O) groups is 1. The summed E-state index contributed by atoms with van der Waals surface area (Å²) in [5, 5.41) is 2.89. The molecule has 0 atom stereocenters. The lowest BCUT2D eigenvalue weighted by molar-refractivity contribution is -0.176.